The fraction of sp³-hybridized carbons (Fsp3) is 0.800. The minimum atomic E-state index is -0.0951. The normalized spacial score (nSPS) is 27.3. The van der Waals surface area contributed by atoms with Gasteiger partial charge in [0.05, 0.1) is 0 Å². The molecule has 0 saturated heterocycles. The Morgan fingerprint density at radius 2 is 2.06 bits per heavy atom. The summed E-state index contributed by atoms with van der Waals surface area (Å²) in [4.78, 5) is 4.52. The van der Waals surface area contributed by atoms with Crippen LogP contribution in [-0.2, 0) is 13.0 Å². The van der Waals surface area contributed by atoms with Gasteiger partial charge >= 0.3 is 0 Å². The molecule has 0 aromatic carbocycles. The first-order valence-electron chi connectivity index (χ1n) is 7.27. The SMILES string of the molecule is CCCn1ccnc1CC1(N)CCCCC1(C)C. The van der Waals surface area contributed by atoms with Crippen molar-refractivity contribution in [2.75, 3.05) is 0 Å². The predicted molar refractivity (Wildman–Crippen MR) is 75.4 cm³/mol. The maximum absolute atomic E-state index is 6.74. The molecule has 0 radical (unpaired) electrons. The van der Waals surface area contributed by atoms with Crippen LogP contribution in [-0.4, -0.2) is 15.1 Å². The summed E-state index contributed by atoms with van der Waals surface area (Å²) in [7, 11) is 0. The molecule has 3 heteroatoms. The maximum atomic E-state index is 6.74. The average Bonchev–Trinajstić information content (AvgIpc) is 2.71. The third-order valence-corrected chi connectivity index (χ3v) is 4.76. The van der Waals surface area contributed by atoms with Gasteiger partial charge in [0.2, 0.25) is 0 Å². The van der Waals surface area contributed by atoms with Gasteiger partial charge in [-0.2, -0.15) is 0 Å². The van der Waals surface area contributed by atoms with Crippen molar-refractivity contribution in [3.05, 3.63) is 18.2 Å². The minimum absolute atomic E-state index is 0.0951. The number of aromatic nitrogens is 2. The first-order chi connectivity index (χ1) is 8.48. The molecule has 1 heterocycles. The zero-order valence-electron chi connectivity index (χ0n) is 12.1. The summed E-state index contributed by atoms with van der Waals surface area (Å²) in [5.41, 5.74) is 6.86. The fourth-order valence-corrected chi connectivity index (χ4v) is 3.16. The molecule has 2 rings (SSSR count). The van der Waals surface area contributed by atoms with Gasteiger partial charge in [0.15, 0.2) is 0 Å². The molecule has 18 heavy (non-hydrogen) atoms. The molecule has 1 aromatic rings. The van der Waals surface area contributed by atoms with Gasteiger partial charge in [-0.25, -0.2) is 4.98 Å². The van der Waals surface area contributed by atoms with Crippen LogP contribution in [0.3, 0.4) is 0 Å². The van der Waals surface area contributed by atoms with E-state index in [9.17, 15) is 0 Å². The maximum Gasteiger partial charge on any atom is 0.110 e. The topological polar surface area (TPSA) is 43.8 Å². The molecule has 2 N–H and O–H groups in total. The highest BCUT2D eigenvalue weighted by Crippen LogP contribution is 2.43. The van der Waals surface area contributed by atoms with Crippen molar-refractivity contribution >= 4 is 0 Å². The highest BCUT2D eigenvalue weighted by atomic mass is 15.1. The van der Waals surface area contributed by atoms with E-state index >= 15 is 0 Å². The number of imidazole rings is 1. The van der Waals surface area contributed by atoms with E-state index in [1.54, 1.807) is 0 Å². The summed E-state index contributed by atoms with van der Waals surface area (Å²) in [5.74, 6) is 1.16. The molecule has 0 bridgehead atoms. The minimum Gasteiger partial charge on any atom is -0.335 e. The number of hydrogen-bond donors (Lipinski definition) is 1. The largest absolute Gasteiger partial charge is 0.335 e. The average molecular weight is 249 g/mol. The third-order valence-electron chi connectivity index (χ3n) is 4.76. The number of hydrogen-bond acceptors (Lipinski definition) is 2. The van der Waals surface area contributed by atoms with Gasteiger partial charge in [-0.15, -0.1) is 0 Å². The summed E-state index contributed by atoms with van der Waals surface area (Å²) in [5, 5.41) is 0. The molecule has 1 unspecified atom stereocenters. The Morgan fingerprint density at radius 3 is 2.72 bits per heavy atom. The van der Waals surface area contributed by atoms with Crippen LogP contribution in [0.2, 0.25) is 0 Å². The smallest absolute Gasteiger partial charge is 0.110 e. The quantitative estimate of drug-likeness (QED) is 0.891. The van der Waals surface area contributed by atoms with Crippen LogP contribution in [0.1, 0.15) is 58.7 Å². The van der Waals surface area contributed by atoms with Crippen LogP contribution in [0.4, 0.5) is 0 Å². The molecule has 1 atom stereocenters. The van der Waals surface area contributed by atoms with Crippen LogP contribution in [0.15, 0.2) is 12.4 Å². The van der Waals surface area contributed by atoms with E-state index in [1.165, 1.54) is 19.3 Å². The Hall–Kier alpha value is -0.830. The van der Waals surface area contributed by atoms with Gasteiger partial charge < -0.3 is 10.3 Å². The number of rotatable bonds is 4. The lowest BCUT2D eigenvalue weighted by molar-refractivity contribution is 0.0962. The summed E-state index contributed by atoms with van der Waals surface area (Å²) in [6.07, 6.45) is 11.0. The molecule has 0 amide bonds. The molecular formula is C15H27N3. The third kappa shape index (κ3) is 2.46. The highest BCUT2D eigenvalue weighted by Gasteiger charge is 2.44. The zero-order valence-corrected chi connectivity index (χ0v) is 12.1. The van der Waals surface area contributed by atoms with Crippen LogP contribution in [0.25, 0.3) is 0 Å². The summed E-state index contributed by atoms with van der Waals surface area (Å²) in [6.45, 7) is 7.89. The summed E-state index contributed by atoms with van der Waals surface area (Å²) < 4.78 is 2.26. The van der Waals surface area contributed by atoms with Crippen molar-refractivity contribution in [2.45, 2.75) is 71.4 Å². The lowest BCUT2D eigenvalue weighted by Crippen LogP contribution is -2.56. The van der Waals surface area contributed by atoms with Crippen LogP contribution < -0.4 is 5.73 Å². The van der Waals surface area contributed by atoms with E-state index in [0.717, 1.165) is 31.6 Å². The molecule has 102 valence electrons. The second-order valence-corrected chi connectivity index (χ2v) is 6.46. The van der Waals surface area contributed by atoms with Crippen molar-refractivity contribution in [1.29, 1.82) is 0 Å². The van der Waals surface area contributed by atoms with Gasteiger partial charge in [-0.05, 0) is 24.7 Å². The number of nitrogens with two attached hydrogens (primary N) is 1. The zero-order chi connectivity index (χ0) is 13.2. The van der Waals surface area contributed by atoms with E-state index in [2.05, 4.69) is 36.5 Å². The molecular weight excluding hydrogens is 222 g/mol. The number of aryl methyl sites for hydroxylation is 1. The summed E-state index contributed by atoms with van der Waals surface area (Å²) in [6, 6.07) is 0. The first kappa shape index (κ1) is 13.6. The predicted octanol–water partition coefficient (Wildman–Crippen LogP) is 3.13. The van der Waals surface area contributed by atoms with Gasteiger partial charge in [-0.3, -0.25) is 0 Å². The Labute approximate surface area is 111 Å². The molecule has 1 aliphatic carbocycles. The van der Waals surface area contributed by atoms with Crippen molar-refractivity contribution in [3.63, 3.8) is 0 Å². The Kier molecular flexibility index (Phi) is 3.81. The van der Waals surface area contributed by atoms with Gasteiger partial charge in [-0.1, -0.05) is 33.6 Å². The van der Waals surface area contributed by atoms with E-state index < -0.39 is 0 Å². The van der Waals surface area contributed by atoms with Gasteiger partial charge in [0.25, 0.3) is 0 Å². The molecule has 1 fully saturated rings. The fourth-order valence-electron chi connectivity index (χ4n) is 3.16. The van der Waals surface area contributed by atoms with Crippen LogP contribution in [0, 0.1) is 5.41 Å². The lowest BCUT2D eigenvalue weighted by atomic mass is 9.62. The Balaban J connectivity index is 2.18. The standard InChI is InChI=1S/C15H27N3/c1-4-10-18-11-9-17-13(18)12-15(16)8-6-5-7-14(15,2)3/h9,11H,4-8,10,12,16H2,1-3H3. The van der Waals surface area contributed by atoms with E-state index in [1.807, 2.05) is 6.20 Å². The second kappa shape index (κ2) is 5.04. The van der Waals surface area contributed by atoms with Crippen molar-refractivity contribution in [2.24, 2.45) is 11.1 Å². The summed E-state index contributed by atoms with van der Waals surface area (Å²) >= 11 is 0. The molecule has 1 aliphatic rings. The molecule has 3 nitrogen and oxygen atoms in total. The van der Waals surface area contributed by atoms with Gasteiger partial charge in [0, 0.05) is 30.9 Å². The molecule has 0 aliphatic heterocycles. The van der Waals surface area contributed by atoms with Crippen LogP contribution in [0.5, 0.6) is 0 Å². The van der Waals surface area contributed by atoms with E-state index in [-0.39, 0.29) is 11.0 Å². The second-order valence-electron chi connectivity index (χ2n) is 6.46. The van der Waals surface area contributed by atoms with Crippen molar-refractivity contribution in [3.8, 4) is 0 Å². The first-order valence-corrected chi connectivity index (χ1v) is 7.27. The Bertz CT molecular complexity index is 394. The van der Waals surface area contributed by atoms with Gasteiger partial charge in [0.1, 0.15) is 5.82 Å². The molecule has 1 saturated carbocycles. The monoisotopic (exact) mass is 249 g/mol. The van der Waals surface area contributed by atoms with Crippen molar-refractivity contribution < 1.29 is 0 Å². The Morgan fingerprint density at radius 1 is 1.33 bits per heavy atom. The van der Waals surface area contributed by atoms with Crippen LogP contribution >= 0.6 is 0 Å². The molecule has 1 aromatic heterocycles. The van der Waals surface area contributed by atoms with E-state index in [0.29, 0.717) is 0 Å². The highest BCUT2D eigenvalue weighted by molar-refractivity contribution is 5.08. The van der Waals surface area contributed by atoms with E-state index in [4.69, 9.17) is 5.73 Å². The van der Waals surface area contributed by atoms with Crippen molar-refractivity contribution in [1.82, 2.24) is 9.55 Å². The lowest BCUT2D eigenvalue weighted by Gasteiger charge is -2.47. The number of nitrogens with zero attached hydrogens (tertiary/aromatic N) is 2. The molecule has 0 spiro atoms.